The van der Waals surface area contributed by atoms with E-state index in [2.05, 4.69) is 31.1 Å². The van der Waals surface area contributed by atoms with Crippen molar-refractivity contribution in [1.82, 2.24) is 19.7 Å². The number of rotatable bonds is 6. The van der Waals surface area contributed by atoms with Gasteiger partial charge in [0.25, 0.3) is 0 Å². The van der Waals surface area contributed by atoms with Gasteiger partial charge in [0, 0.05) is 38.7 Å². The van der Waals surface area contributed by atoms with Crippen molar-refractivity contribution in [3.05, 3.63) is 88.1 Å². The third-order valence-corrected chi connectivity index (χ3v) is 6.04. The van der Waals surface area contributed by atoms with E-state index in [0.29, 0.717) is 21.6 Å². The molecule has 0 radical (unpaired) electrons. The predicted molar refractivity (Wildman–Crippen MR) is 119 cm³/mol. The maximum absolute atomic E-state index is 12.7. The number of aromatic nitrogens is 4. The highest BCUT2D eigenvalue weighted by atomic mass is 79.9. The number of halogens is 2. The van der Waals surface area contributed by atoms with Gasteiger partial charge in [0.15, 0.2) is 16.8 Å². The van der Waals surface area contributed by atoms with Gasteiger partial charge in [-0.15, -0.1) is 10.2 Å². The van der Waals surface area contributed by atoms with Gasteiger partial charge in [0.2, 0.25) is 0 Å². The molecule has 0 unspecified atom stereocenters. The highest BCUT2D eigenvalue weighted by Crippen LogP contribution is 2.29. The van der Waals surface area contributed by atoms with E-state index >= 15 is 0 Å². The molecule has 0 atom stereocenters. The standard InChI is InChI=1S/C21H14BrClN4OS/c22-18-4-2-1-3-17(18)19(28)13-29-21-26-25-20(14-9-11-24-12-10-14)27(21)16-7-5-15(23)6-8-16/h1-12H,13H2. The molecule has 8 heteroatoms. The van der Waals surface area contributed by atoms with Gasteiger partial charge in [-0.25, -0.2) is 0 Å². The Morgan fingerprint density at radius 2 is 1.72 bits per heavy atom. The van der Waals surface area contributed by atoms with E-state index < -0.39 is 0 Å². The van der Waals surface area contributed by atoms with Crippen molar-refractivity contribution in [3.8, 4) is 17.1 Å². The Morgan fingerprint density at radius 3 is 2.45 bits per heavy atom. The third-order valence-electron chi connectivity index (χ3n) is 4.16. The summed E-state index contributed by atoms with van der Waals surface area (Å²) in [6, 6.07) is 18.6. The smallest absolute Gasteiger partial charge is 0.196 e. The minimum Gasteiger partial charge on any atom is -0.293 e. The first-order valence-electron chi connectivity index (χ1n) is 8.66. The number of thioether (sulfide) groups is 1. The summed E-state index contributed by atoms with van der Waals surface area (Å²) >= 11 is 10.8. The number of nitrogens with zero attached hydrogens (tertiary/aromatic N) is 4. The van der Waals surface area contributed by atoms with Gasteiger partial charge < -0.3 is 0 Å². The largest absolute Gasteiger partial charge is 0.293 e. The number of carbonyl (C=O) groups is 1. The topological polar surface area (TPSA) is 60.7 Å². The molecule has 0 aliphatic heterocycles. The van der Waals surface area contributed by atoms with Crippen LogP contribution in [0.4, 0.5) is 0 Å². The van der Waals surface area contributed by atoms with Crippen molar-refractivity contribution in [2.45, 2.75) is 5.16 Å². The minimum absolute atomic E-state index is 0.0126. The molecule has 0 saturated carbocycles. The van der Waals surface area contributed by atoms with Crippen LogP contribution in [0.15, 0.2) is 82.7 Å². The van der Waals surface area contributed by atoms with Crippen molar-refractivity contribution in [3.63, 3.8) is 0 Å². The SMILES string of the molecule is O=C(CSc1nnc(-c2ccncc2)n1-c1ccc(Cl)cc1)c1ccccc1Br. The molecule has 2 aromatic carbocycles. The summed E-state index contributed by atoms with van der Waals surface area (Å²) in [7, 11) is 0. The summed E-state index contributed by atoms with van der Waals surface area (Å²) in [5, 5.41) is 9.97. The van der Waals surface area contributed by atoms with E-state index in [4.69, 9.17) is 11.6 Å². The molecule has 4 aromatic rings. The highest BCUT2D eigenvalue weighted by Gasteiger charge is 2.18. The number of hydrogen-bond donors (Lipinski definition) is 0. The van der Waals surface area contributed by atoms with Crippen LogP contribution in [0.1, 0.15) is 10.4 Å². The molecular formula is C21H14BrClN4OS. The van der Waals surface area contributed by atoms with Crippen LogP contribution in [-0.2, 0) is 0 Å². The van der Waals surface area contributed by atoms with Crippen LogP contribution in [0.3, 0.4) is 0 Å². The monoisotopic (exact) mass is 484 g/mol. The van der Waals surface area contributed by atoms with Gasteiger partial charge in [-0.2, -0.15) is 0 Å². The molecule has 0 fully saturated rings. The summed E-state index contributed by atoms with van der Waals surface area (Å²) < 4.78 is 2.70. The Balaban J connectivity index is 1.68. The van der Waals surface area contributed by atoms with Gasteiger partial charge >= 0.3 is 0 Å². The first-order valence-corrected chi connectivity index (χ1v) is 10.8. The number of benzene rings is 2. The second-order valence-electron chi connectivity index (χ2n) is 6.05. The molecule has 0 N–H and O–H groups in total. The lowest BCUT2D eigenvalue weighted by molar-refractivity contribution is 0.102. The van der Waals surface area contributed by atoms with Gasteiger partial charge in [-0.1, -0.05) is 57.5 Å². The summed E-state index contributed by atoms with van der Waals surface area (Å²) in [5.41, 5.74) is 2.39. The lowest BCUT2D eigenvalue weighted by Crippen LogP contribution is -2.05. The van der Waals surface area contributed by atoms with E-state index in [-0.39, 0.29) is 11.5 Å². The van der Waals surface area contributed by atoms with Crippen molar-refractivity contribution in [2.24, 2.45) is 0 Å². The summed E-state index contributed by atoms with van der Waals surface area (Å²) in [4.78, 5) is 16.7. The van der Waals surface area contributed by atoms with Crippen LogP contribution in [-0.4, -0.2) is 31.3 Å². The predicted octanol–water partition coefficient (Wildman–Crippen LogP) is 5.72. The zero-order valence-corrected chi connectivity index (χ0v) is 18.2. The summed E-state index contributed by atoms with van der Waals surface area (Å²) in [6.07, 6.45) is 3.42. The lowest BCUT2D eigenvalue weighted by atomic mass is 10.1. The number of Topliss-reactive ketones (excluding diaryl/α,β-unsaturated/α-hetero) is 1. The van der Waals surface area contributed by atoms with Crippen molar-refractivity contribution < 1.29 is 4.79 Å². The highest BCUT2D eigenvalue weighted by molar-refractivity contribution is 9.10. The molecule has 0 saturated heterocycles. The second-order valence-corrected chi connectivity index (χ2v) is 8.28. The molecule has 2 heterocycles. The number of carbonyl (C=O) groups excluding carboxylic acids is 1. The molecule has 0 bridgehead atoms. The van der Waals surface area contributed by atoms with Crippen molar-refractivity contribution in [1.29, 1.82) is 0 Å². The Hall–Kier alpha value is -2.48. The maximum Gasteiger partial charge on any atom is 0.196 e. The number of ketones is 1. The first kappa shape index (κ1) is 19.8. The van der Waals surface area contributed by atoms with Crippen molar-refractivity contribution in [2.75, 3.05) is 5.75 Å². The fourth-order valence-electron chi connectivity index (χ4n) is 2.77. The van der Waals surface area contributed by atoms with Crippen LogP contribution in [0.25, 0.3) is 17.1 Å². The second kappa shape index (κ2) is 8.90. The molecular weight excluding hydrogens is 472 g/mol. The minimum atomic E-state index is 0.0126. The normalized spacial score (nSPS) is 10.8. The van der Waals surface area contributed by atoms with Gasteiger partial charge in [0.05, 0.1) is 5.75 Å². The molecule has 144 valence electrons. The fraction of sp³-hybridized carbons (Fsp3) is 0.0476. The zero-order valence-electron chi connectivity index (χ0n) is 15.0. The Morgan fingerprint density at radius 1 is 1.00 bits per heavy atom. The zero-order chi connectivity index (χ0) is 20.2. The van der Waals surface area contributed by atoms with Crippen LogP contribution in [0.2, 0.25) is 5.02 Å². The Labute approximate surface area is 185 Å². The van der Waals surface area contributed by atoms with Gasteiger partial charge in [0.1, 0.15) is 0 Å². The van der Waals surface area contributed by atoms with E-state index in [0.717, 1.165) is 15.7 Å². The molecule has 0 amide bonds. The van der Waals surface area contributed by atoms with E-state index in [1.54, 1.807) is 18.5 Å². The van der Waals surface area contributed by atoms with Crippen molar-refractivity contribution >= 4 is 45.1 Å². The molecule has 0 aliphatic rings. The Bertz CT molecular complexity index is 1150. The van der Waals surface area contributed by atoms with E-state index in [1.807, 2.05) is 59.2 Å². The van der Waals surface area contributed by atoms with Gasteiger partial charge in [-0.3, -0.25) is 14.3 Å². The summed E-state index contributed by atoms with van der Waals surface area (Å²) in [6.45, 7) is 0. The van der Waals surface area contributed by atoms with E-state index in [9.17, 15) is 4.79 Å². The molecule has 5 nitrogen and oxygen atoms in total. The van der Waals surface area contributed by atoms with Crippen LogP contribution >= 0.6 is 39.3 Å². The third kappa shape index (κ3) is 4.42. The fourth-order valence-corrected chi connectivity index (χ4v) is 4.24. The van der Waals surface area contributed by atoms with Crippen LogP contribution in [0.5, 0.6) is 0 Å². The van der Waals surface area contributed by atoms with Crippen LogP contribution in [0, 0.1) is 0 Å². The maximum atomic E-state index is 12.7. The quantitative estimate of drug-likeness (QED) is 0.258. The molecule has 29 heavy (non-hydrogen) atoms. The molecule has 4 rings (SSSR count). The average molecular weight is 486 g/mol. The lowest BCUT2D eigenvalue weighted by Gasteiger charge is -2.10. The van der Waals surface area contributed by atoms with E-state index in [1.165, 1.54) is 11.8 Å². The molecule has 2 aromatic heterocycles. The van der Waals surface area contributed by atoms with Gasteiger partial charge in [-0.05, 0) is 42.5 Å². The Kier molecular flexibility index (Phi) is 6.08. The number of hydrogen-bond acceptors (Lipinski definition) is 5. The number of pyridine rings is 1. The summed E-state index contributed by atoms with van der Waals surface area (Å²) in [5.74, 6) is 0.925. The molecule has 0 spiro atoms. The first-order chi connectivity index (χ1) is 14.1. The average Bonchev–Trinajstić information content (AvgIpc) is 3.17. The van der Waals surface area contributed by atoms with Crippen LogP contribution < -0.4 is 0 Å². The molecule has 0 aliphatic carbocycles.